The number of aliphatic imine (C=N–C) groups is 1. The van der Waals surface area contributed by atoms with E-state index in [1.54, 1.807) is 6.07 Å². The Bertz CT molecular complexity index is 1740. The van der Waals surface area contributed by atoms with Crippen LogP contribution in [0.15, 0.2) is 78.0 Å². The van der Waals surface area contributed by atoms with Crippen molar-refractivity contribution in [2.45, 2.75) is 52.3 Å². The summed E-state index contributed by atoms with van der Waals surface area (Å²) in [7, 11) is 0. The molecule has 0 N–H and O–H groups in total. The van der Waals surface area contributed by atoms with Gasteiger partial charge in [-0.05, 0) is 78.3 Å². The number of aromatic nitrogens is 3. The lowest BCUT2D eigenvalue weighted by atomic mass is 9.96. The van der Waals surface area contributed by atoms with E-state index in [0.29, 0.717) is 34.4 Å². The average molecular weight is 654 g/mol. The number of thioether (sulfide) groups is 1. The summed E-state index contributed by atoms with van der Waals surface area (Å²) in [4.78, 5) is 35.5. The smallest absolute Gasteiger partial charge is 0.406 e. The third-order valence-electron chi connectivity index (χ3n) is 7.31. The van der Waals surface area contributed by atoms with Crippen LogP contribution in [0, 0.1) is 11.7 Å². The van der Waals surface area contributed by atoms with E-state index >= 15 is 0 Å². The number of carbonyl (C=O) groups excluding carboxylic acids is 2. The molecule has 1 saturated heterocycles. The summed E-state index contributed by atoms with van der Waals surface area (Å²) in [6.07, 6.45) is -1.74. The molecule has 1 fully saturated rings. The zero-order valence-electron chi connectivity index (χ0n) is 25.3. The Morgan fingerprint density at radius 3 is 2.43 bits per heavy atom. The molecule has 2 heterocycles. The van der Waals surface area contributed by atoms with Crippen molar-refractivity contribution in [2.75, 3.05) is 10.7 Å². The number of nitrogens with zero attached hydrogens (tertiary/aromatic N) is 5. The van der Waals surface area contributed by atoms with Gasteiger partial charge in [0.25, 0.3) is 0 Å². The molecule has 240 valence electrons. The van der Waals surface area contributed by atoms with Crippen LogP contribution in [0.4, 0.5) is 23.2 Å². The minimum atomic E-state index is -4.76. The molecule has 0 radical (unpaired) electrons. The fourth-order valence-electron chi connectivity index (χ4n) is 5.02. The molecule has 8 nitrogen and oxygen atoms in total. The Labute approximate surface area is 267 Å². The minimum absolute atomic E-state index is 0.0271. The lowest BCUT2D eigenvalue weighted by molar-refractivity contribution is -0.274. The van der Waals surface area contributed by atoms with Gasteiger partial charge in [0.15, 0.2) is 11.0 Å². The number of anilines is 1. The van der Waals surface area contributed by atoms with E-state index in [9.17, 15) is 27.2 Å². The molecule has 13 heteroatoms. The van der Waals surface area contributed by atoms with Gasteiger partial charge in [0.2, 0.25) is 11.8 Å². The van der Waals surface area contributed by atoms with Crippen molar-refractivity contribution in [1.29, 1.82) is 0 Å². The first-order valence-corrected chi connectivity index (χ1v) is 15.6. The van der Waals surface area contributed by atoms with Gasteiger partial charge in [-0.1, -0.05) is 56.8 Å². The number of benzene rings is 3. The maximum Gasteiger partial charge on any atom is 0.573 e. The molecule has 5 rings (SSSR count). The van der Waals surface area contributed by atoms with Gasteiger partial charge in [0, 0.05) is 12.0 Å². The van der Waals surface area contributed by atoms with E-state index < -0.39 is 6.36 Å². The highest BCUT2D eigenvalue weighted by Crippen LogP contribution is 2.34. The summed E-state index contributed by atoms with van der Waals surface area (Å²) in [6, 6.07) is 17.3. The number of ether oxygens (including phenoxy) is 1. The van der Waals surface area contributed by atoms with E-state index in [-0.39, 0.29) is 47.4 Å². The van der Waals surface area contributed by atoms with Crippen molar-refractivity contribution in [2.24, 2.45) is 10.9 Å². The summed E-state index contributed by atoms with van der Waals surface area (Å²) >= 11 is 1.20. The molecule has 0 aliphatic carbocycles. The van der Waals surface area contributed by atoms with Crippen LogP contribution in [0.1, 0.15) is 50.7 Å². The second-order valence-corrected chi connectivity index (χ2v) is 12.2. The van der Waals surface area contributed by atoms with Gasteiger partial charge in [-0.25, -0.2) is 14.1 Å². The van der Waals surface area contributed by atoms with Crippen LogP contribution in [-0.4, -0.2) is 43.9 Å². The first kappa shape index (κ1) is 32.9. The zero-order valence-corrected chi connectivity index (χ0v) is 26.1. The topological polar surface area (TPSA) is 89.7 Å². The standard InChI is InChI=1S/C33H31F4N5O3S/c1-20(2)27-17-24(34)9-14-28(27)42-30(44)18-46-32(42)39-29(43)15-4-21(3)16-22-5-7-23(8-6-22)31-38-19-41(40-31)25-10-12-26(13-11-25)45-33(35,36)37/h5-14,17,19-21H,4,15-16,18H2,1-3H3. The van der Waals surface area contributed by atoms with E-state index in [1.807, 2.05) is 38.1 Å². The Hall–Kier alpha value is -4.52. The number of alkyl halides is 3. The lowest BCUT2D eigenvalue weighted by Crippen LogP contribution is -2.31. The highest BCUT2D eigenvalue weighted by Gasteiger charge is 2.33. The van der Waals surface area contributed by atoms with Gasteiger partial charge in [-0.2, -0.15) is 4.99 Å². The highest BCUT2D eigenvalue weighted by molar-refractivity contribution is 8.15. The average Bonchev–Trinajstić information content (AvgIpc) is 3.63. The Morgan fingerprint density at radius 2 is 1.76 bits per heavy atom. The predicted molar refractivity (Wildman–Crippen MR) is 168 cm³/mol. The maximum absolute atomic E-state index is 13.9. The first-order valence-electron chi connectivity index (χ1n) is 14.6. The summed E-state index contributed by atoms with van der Waals surface area (Å²) in [5.74, 6) is -0.453. The molecular formula is C33H31F4N5O3S. The fourth-order valence-corrected chi connectivity index (χ4v) is 5.90. The maximum atomic E-state index is 13.9. The van der Waals surface area contributed by atoms with Crippen molar-refractivity contribution in [3.63, 3.8) is 0 Å². The number of rotatable bonds is 10. The monoisotopic (exact) mass is 653 g/mol. The Morgan fingerprint density at radius 1 is 1.04 bits per heavy atom. The van der Waals surface area contributed by atoms with Crippen LogP contribution in [-0.2, 0) is 16.0 Å². The molecule has 1 atom stereocenters. The van der Waals surface area contributed by atoms with Crippen molar-refractivity contribution in [3.05, 3.63) is 90.0 Å². The second-order valence-electron chi connectivity index (χ2n) is 11.3. The summed E-state index contributed by atoms with van der Waals surface area (Å²) in [6.45, 7) is 5.88. The molecule has 4 aromatic rings. The largest absolute Gasteiger partial charge is 0.573 e. The van der Waals surface area contributed by atoms with Crippen LogP contribution in [0.25, 0.3) is 17.1 Å². The molecular weight excluding hydrogens is 622 g/mol. The number of halogens is 4. The summed E-state index contributed by atoms with van der Waals surface area (Å²) in [5, 5.41) is 4.75. The third kappa shape index (κ3) is 8.19. The predicted octanol–water partition coefficient (Wildman–Crippen LogP) is 7.72. The summed E-state index contributed by atoms with van der Waals surface area (Å²) in [5.41, 5.74) is 3.58. The molecule has 3 aromatic carbocycles. The minimum Gasteiger partial charge on any atom is -0.406 e. The van der Waals surface area contributed by atoms with Gasteiger partial charge >= 0.3 is 6.36 Å². The lowest BCUT2D eigenvalue weighted by Gasteiger charge is -2.21. The van der Waals surface area contributed by atoms with Crippen LogP contribution < -0.4 is 9.64 Å². The zero-order chi connectivity index (χ0) is 33.0. The normalized spacial score (nSPS) is 15.2. The van der Waals surface area contributed by atoms with Crippen molar-refractivity contribution in [3.8, 4) is 22.8 Å². The van der Waals surface area contributed by atoms with Gasteiger partial charge in [-0.15, -0.1) is 18.3 Å². The molecule has 46 heavy (non-hydrogen) atoms. The SMILES string of the molecule is CC(CCC(=O)N=C1SCC(=O)N1c1ccc(F)cc1C(C)C)Cc1ccc(-c2ncn(-c3ccc(OC(F)(F)F)cc3)n2)cc1. The van der Waals surface area contributed by atoms with Crippen molar-refractivity contribution in [1.82, 2.24) is 14.8 Å². The van der Waals surface area contributed by atoms with E-state index in [0.717, 1.165) is 17.5 Å². The van der Waals surface area contributed by atoms with E-state index in [2.05, 4.69) is 26.7 Å². The number of hydrogen-bond acceptors (Lipinski definition) is 6. The third-order valence-corrected chi connectivity index (χ3v) is 8.24. The first-order chi connectivity index (χ1) is 21.9. The fraction of sp³-hybridized carbons (Fsp3) is 0.303. The Kier molecular flexibility index (Phi) is 9.90. The molecule has 0 saturated carbocycles. The molecule has 1 aliphatic heterocycles. The quantitative estimate of drug-likeness (QED) is 0.163. The molecule has 0 bridgehead atoms. The van der Waals surface area contributed by atoms with Crippen molar-refractivity contribution < 1.29 is 31.9 Å². The van der Waals surface area contributed by atoms with E-state index in [1.165, 1.54) is 64.1 Å². The van der Waals surface area contributed by atoms with Gasteiger partial charge in [0.1, 0.15) is 17.9 Å². The number of carbonyl (C=O) groups is 2. The molecule has 1 aromatic heterocycles. The van der Waals surface area contributed by atoms with Crippen molar-refractivity contribution >= 4 is 34.4 Å². The second kappa shape index (κ2) is 13.9. The number of amidine groups is 1. The summed E-state index contributed by atoms with van der Waals surface area (Å²) < 4.78 is 56.5. The molecule has 1 aliphatic rings. The molecule has 1 unspecified atom stereocenters. The molecule has 0 spiro atoms. The van der Waals surface area contributed by atoms with Gasteiger partial charge in [0.05, 0.1) is 17.1 Å². The van der Waals surface area contributed by atoms with Crippen LogP contribution in [0.5, 0.6) is 5.75 Å². The van der Waals surface area contributed by atoms with Crippen LogP contribution in [0.3, 0.4) is 0 Å². The highest BCUT2D eigenvalue weighted by atomic mass is 32.2. The van der Waals surface area contributed by atoms with Gasteiger partial charge in [-0.3, -0.25) is 14.5 Å². The Balaban J connectivity index is 1.16. The van der Waals surface area contributed by atoms with Gasteiger partial charge < -0.3 is 4.74 Å². The number of amides is 2. The number of hydrogen-bond donors (Lipinski definition) is 0. The van der Waals surface area contributed by atoms with E-state index in [4.69, 9.17) is 0 Å². The van der Waals surface area contributed by atoms with Crippen LogP contribution >= 0.6 is 11.8 Å². The van der Waals surface area contributed by atoms with Crippen LogP contribution in [0.2, 0.25) is 0 Å². The molecule has 2 amide bonds.